The minimum Gasteiger partial charge on any atom is -0.385 e. The molecule has 0 aromatic carbocycles. The molecule has 0 radical (unpaired) electrons. The number of nitrogens with one attached hydrogen (secondary N) is 1. The van der Waals surface area contributed by atoms with Crippen LogP contribution >= 0.6 is 28.3 Å². The van der Waals surface area contributed by atoms with Crippen LogP contribution < -0.4 is 11.2 Å². The second-order valence-electron chi connectivity index (χ2n) is 1.62. The van der Waals surface area contributed by atoms with Crippen LogP contribution in [0.3, 0.4) is 0 Å². The third-order valence-electron chi connectivity index (χ3n) is 0.830. The van der Waals surface area contributed by atoms with Gasteiger partial charge in [-0.15, -0.1) is 12.4 Å². The van der Waals surface area contributed by atoms with Crippen LogP contribution in [0.25, 0.3) is 0 Å². The molecule has 0 unspecified atom stereocenters. The lowest BCUT2D eigenvalue weighted by atomic mass is 10.5. The number of H-pyrrole nitrogens is 1. The number of aromatic amines is 1. The Labute approximate surface area is 72.2 Å². The van der Waals surface area contributed by atoms with Gasteiger partial charge in [0, 0.05) is 12.1 Å². The highest BCUT2D eigenvalue weighted by Crippen LogP contribution is 2.02. The molecule has 0 saturated carbocycles. The van der Waals surface area contributed by atoms with Crippen molar-refractivity contribution in [2.24, 2.45) is 0 Å². The lowest BCUT2D eigenvalue weighted by molar-refractivity contribution is 1.27. The first kappa shape index (κ1) is 9.52. The van der Waals surface area contributed by atoms with Crippen LogP contribution in [-0.4, -0.2) is 4.98 Å². The molecule has 1 rings (SSSR count). The zero-order chi connectivity index (χ0) is 6.85. The van der Waals surface area contributed by atoms with Gasteiger partial charge in [-0.3, -0.25) is 4.79 Å². The number of nitrogens with two attached hydrogens (primary N) is 1. The molecule has 1 aromatic heterocycles. The third kappa shape index (κ3) is 2.41. The topological polar surface area (TPSA) is 58.9 Å². The van der Waals surface area contributed by atoms with Crippen molar-refractivity contribution in [3.63, 3.8) is 0 Å². The van der Waals surface area contributed by atoms with Gasteiger partial charge in [0.05, 0.1) is 4.60 Å². The van der Waals surface area contributed by atoms with Crippen LogP contribution in [0.1, 0.15) is 0 Å². The predicted octanol–water partition coefficient (Wildman–Crippen LogP) is 1.14. The second-order valence-corrected chi connectivity index (χ2v) is 2.47. The Morgan fingerprint density at radius 3 is 2.50 bits per heavy atom. The fourth-order valence-electron chi connectivity index (χ4n) is 0.530. The van der Waals surface area contributed by atoms with E-state index in [-0.39, 0.29) is 17.8 Å². The number of anilines is 1. The van der Waals surface area contributed by atoms with Gasteiger partial charge >= 0.3 is 0 Å². The minimum absolute atomic E-state index is 0. The average Bonchev–Trinajstić information content (AvgIpc) is 1.59. The molecular formula is C5H6BrClN2O. The summed E-state index contributed by atoms with van der Waals surface area (Å²) in [5.41, 5.74) is 5.17. The summed E-state index contributed by atoms with van der Waals surface area (Å²) in [6.45, 7) is 0. The first-order valence-electron chi connectivity index (χ1n) is 2.34. The van der Waals surface area contributed by atoms with Gasteiger partial charge in [-0.05, 0) is 15.9 Å². The minimum atomic E-state index is -0.0990. The Morgan fingerprint density at radius 1 is 1.50 bits per heavy atom. The number of halogens is 2. The summed E-state index contributed by atoms with van der Waals surface area (Å²) in [6, 6.07) is 2.74. The van der Waals surface area contributed by atoms with Gasteiger partial charge in [0.2, 0.25) is 0 Å². The Morgan fingerprint density at radius 2 is 2.10 bits per heavy atom. The summed E-state index contributed by atoms with van der Waals surface area (Å²) >= 11 is 3.08. The first-order valence-corrected chi connectivity index (χ1v) is 3.13. The molecule has 0 amide bonds. The summed E-state index contributed by atoms with van der Waals surface area (Å²) < 4.78 is 0.604. The molecule has 56 valence electrons. The second kappa shape index (κ2) is 3.63. The molecule has 1 aromatic rings. The van der Waals surface area contributed by atoms with Crippen molar-refractivity contribution >= 4 is 34.2 Å². The molecule has 5 heteroatoms. The summed E-state index contributed by atoms with van der Waals surface area (Å²) in [6.07, 6.45) is 0. The molecule has 1 heterocycles. The van der Waals surface area contributed by atoms with E-state index in [0.29, 0.717) is 10.4 Å². The zero-order valence-corrected chi connectivity index (χ0v) is 7.33. The number of aromatic nitrogens is 1. The Bertz CT molecular complexity index is 249. The average molecular weight is 225 g/mol. The summed E-state index contributed by atoms with van der Waals surface area (Å²) in [5.74, 6) is 0.370. The van der Waals surface area contributed by atoms with E-state index in [4.69, 9.17) is 5.73 Å². The van der Waals surface area contributed by atoms with E-state index < -0.39 is 0 Å². The lowest BCUT2D eigenvalue weighted by Crippen LogP contribution is -2.01. The summed E-state index contributed by atoms with van der Waals surface area (Å²) in [7, 11) is 0. The van der Waals surface area contributed by atoms with Crippen LogP contribution in [0.5, 0.6) is 0 Å². The lowest BCUT2D eigenvalue weighted by Gasteiger charge is -1.91. The normalized spacial score (nSPS) is 8.50. The molecule has 0 fully saturated rings. The molecule has 0 aliphatic heterocycles. The van der Waals surface area contributed by atoms with Crippen LogP contribution in [0, 0.1) is 0 Å². The molecule has 10 heavy (non-hydrogen) atoms. The SMILES string of the molecule is Cl.Nc1cc(=O)cc(Br)[nH]1. The van der Waals surface area contributed by atoms with E-state index in [1.807, 2.05) is 0 Å². The number of nitrogen functional groups attached to an aromatic ring is 1. The molecular weight excluding hydrogens is 219 g/mol. The molecule has 0 saturated heterocycles. The largest absolute Gasteiger partial charge is 0.385 e. The Kier molecular flexibility index (Phi) is 3.46. The third-order valence-corrected chi connectivity index (χ3v) is 1.26. The number of pyridine rings is 1. The smallest absolute Gasteiger partial charge is 0.184 e. The fraction of sp³-hybridized carbons (Fsp3) is 0. The maximum Gasteiger partial charge on any atom is 0.184 e. The van der Waals surface area contributed by atoms with Gasteiger partial charge in [0.25, 0.3) is 0 Å². The maximum atomic E-state index is 10.6. The highest BCUT2D eigenvalue weighted by molar-refractivity contribution is 9.10. The highest BCUT2D eigenvalue weighted by atomic mass is 79.9. The fourth-order valence-corrected chi connectivity index (χ4v) is 0.984. The maximum absolute atomic E-state index is 10.6. The highest BCUT2D eigenvalue weighted by Gasteiger charge is 1.89. The van der Waals surface area contributed by atoms with Crippen LogP contribution in [0.15, 0.2) is 21.5 Å². The van der Waals surface area contributed by atoms with Gasteiger partial charge in [-0.2, -0.15) is 0 Å². The van der Waals surface area contributed by atoms with Crippen molar-refractivity contribution in [1.82, 2.24) is 4.98 Å². The van der Waals surface area contributed by atoms with Crippen molar-refractivity contribution in [3.05, 3.63) is 27.0 Å². The van der Waals surface area contributed by atoms with E-state index >= 15 is 0 Å². The van der Waals surface area contributed by atoms with Crippen LogP contribution in [0.2, 0.25) is 0 Å². The van der Waals surface area contributed by atoms with Crippen molar-refractivity contribution in [1.29, 1.82) is 0 Å². The molecule has 3 nitrogen and oxygen atoms in total. The van der Waals surface area contributed by atoms with Crippen molar-refractivity contribution in [2.75, 3.05) is 5.73 Å². The van der Waals surface area contributed by atoms with Crippen LogP contribution in [-0.2, 0) is 0 Å². The number of hydrogen-bond acceptors (Lipinski definition) is 2. The van der Waals surface area contributed by atoms with E-state index in [0.717, 1.165) is 0 Å². The molecule has 0 aliphatic rings. The monoisotopic (exact) mass is 224 g/mol. The molecule has 3 N–H and O–H groups in total. The van der Waals surface area contributed by atoms with E-state index in [1.165, 1.54) is 12.1 Å². The Balaban J connectivity index is 0.000000810. The van der Waals surface area contributed by atoms with E-state index in [1.54, 1.807) is 0 Å². The van der Waals surface area contributed by atoms with Crippen molar-refractivity contribution < 1.29 is 0 Å². The van der Waals surface area contributed by atoms with Gasteiger partial charge in [-0.25, -0.2) is 0 Å². The predicted molar refractivity (Wildman–Crippen MR) is 46.4 cm³/mol. The van der Waals surface area contributed by atoms with Gasteiger partial charge in [-0.1, -0.05) is 0 Å². The first-order chi connectivity index (χ1) is 4.18. The number of hydrogen-bond donors (Lipinski definition) is 2. The summed E-state index contributed by atoms with van der Waals surface area (Å²) in [5, 5.41) is 0. The van der Waals surface area contributed by atoms with Gasteiger partial charge < -0.3 is 10.7 Å². The van der Waals surface area contributed by atoms with Crippen molar-refractivity contribution in [3.8, 4) is 0 Å². The Hall–Kier alpha value is -0.480. The molecule has 0 atom stereocenters. The summed E-state index contributed by atoms with van der Waals surface area (Å²) in [4.78, 5) is 13.3. The van der Waals surface area contributed by atoms with E-state index in [9.17, 15) is 4.79 Å². The van der Waals surface area contributed by atoms with Crippen molar-refractivity contribution in [2.45, 2.75) is 0 Å². The van der Waals surface area contributed by atoms with Gasteiger partial charge in [0.1, 0.15) is 5.82 Å². The molecule has 0 bridgehead atoms. The molecule has 0 spiro atoms. The zero-order valence-electron chi connectivity index (χ0n) is 4.93. The van der Waals surface area contributed by atoms with Gasteiger partial charge in [0.15, 0.2) is 5.43 Å². The van der Waals surface area contributed by atoms with E-state index in [2.05, 4.69) is 20.9 Å². The standard InChI is InChI=1S/C5H5BrN2O.ClH/c6-4-1-3(9)2-5(7)8-4;/h1-2H,(H3,7,8,9);1H. The molecule has 0 aliphatic carbocycles. The van der Waals surface area contributed by atoms with Crippen LogP contribution in [0.4, 0.5) is 5.82 Å². The quantitative estimate of drug-likeness (QED) is 0.651. The number of rotatable bonds is 0.